The first-order valence-corrected chi connectivity index (χ1v) is 15.0. The zero-order chi connectivity index (χ0) is 19.0. The molecule has 0 unspecified atom stereocenters. The van der Waals surface area contributed by atoms with Crippen LogP contribution in [0.4, 0.5) is 0 Å². The lowest BCUT2D eigenvalue weighted by atomic mass is 10.0. The summed E-state index contributed by atoms with van der Waals surface area (Å²) < 4.78 is 18.5. The number of rotatable bonds is 6. The third-order valence-corrected chi connectivity index (χ3v) is 15.3. The van der Waals surface area contributed by atoms with E-state index in [-0.39, 0.29) is 22.1 Å². The Balaban J connectivity index is 2.66. The van der Waals surface area contributed by atoms with E-state index in [0.29, 0.717) is 19.8 Å². The summed E-state index contributed by atoms with van der Waals surface area (Å²) in [6.45, 7) is 23.9. The number of hydrogen-bond acceptors (Lipinski definition) is 4. The SMILES string of the molecule is CC(C)(C)[Si](C)(C)OC[C@@H]1[C@H](O)CO[C@H]1CO[Si](C)(C)C(C)(C)C. The van der Waals surface area contributed by atoms with Gasteiger partial charge in [-0.15, -0.1) is 0 Å². The average molecular weight is 377 g/mol. The molecular weight excluding hydrogens is 336 g/mol. The molecule has 1 aliphatic heterocycles. The monoisotopic (exact) mass is 376 g/mol. The van der Waals surface area contributed by atoms with Gasteiger partial charge in [-0.1, -0.05) is 41.5 Å². The van der Waals surface area contributed by atoms with E-state index in [2.05, 4.69) is 67.7 Å². The van der Waals surface area contributed by atoms with Crippen LogP contribution in [-0.4, -0.2) is 53.8 Å². The van der Waals surface area contributed by atoms with Gasteiger partial charge in [-0.25, -0.2) is 0 Å². The minimum absolute atomic E-state index is 0.00360. The van der Waals surface area contributed by atoms with E-state index in [9.17, 15) is 5.11 Å². The molecule has 0 spiro atoms. The van der Waals surface area contributed by atoms with E-state index in [4.69, 9.17) is 13.6 Å². The minimum Gasteiger partial charge on any atom is -0.416 e. The van der Waals surface area contributed by atoms with E-state index < -0.39 is 22.7 Å². The summed E-state index contributed by atoms with van der Waals surface area (Å²) in [5, 5.41) is 10.7. The van der Waals surface area contributed by atoms with Crippen molar-refractivity contribution in [2.75, 3.05) is 19.8 Å². The zero-order valence-corrected chi connectivity index (χ0v) is 19.5. The number of ether oxygens (including phenoxy) is 1. The first kappa shape index (κ1) is 22.3. The van der Waals surface area contributed by atoms with Crippen LogP contribution in [0.2, 0.25) is 36.3 Å². The Morgan fingerprint density at radius 1 is 0.875 bits per heavy atom. The summed E-state index contributed by atoms with van der Waals surface area (Å²) in [7, 11) is -3.63. The summed E-state index contributed by atoms with van der Waals surface area (Å²) in [6, 6.07) is 0. The van der Waals surface area contributed by atoms with Crippen LogP contribution in [0.3, 0.4) is 0 Å². The molecule has 1 rings (SSSR count). The van der Waals surface area contributed by atoms with Gasteiger partial charge >= 0.3 is 0 Å². The fourth-order valence-electron chi connectivity index (χ4n) is 2.14. The van der Waals surface area contributed by atoms with Gasteiger partial charge in [0.2, 0.25) is 0 Å². The Kier molecular flexibility index (Phi) is 6.96. The molecule has 1 heterocycles. The van der Waals surface area contributed by atoms with E-state index in [1.807, 2.05) is 0 Å². The normalized spacial score (nSPS) is 26.9. The smallest absolute Gasteiger partial charge is 0.192 e. The fourth-order valence-corrected chi connectivity index (χ4v) is 4.19. The highest BCUT2D eigenvalue weighted by atomic mass is 28.4. The lowest BCUT2D eigenvalue weighted by molar-refractivity contribution is 0.0313. The molecule has 1 fully saturated rings. The number of aliphatic hydroxyl groups excluding tert-OH is 1. The highest BCUT2D eigenvalue weighted by Gasteiger charge is 2.43. The molecule has 0 bridgehead atoms. The van der Waals surface area contributed by atoms with Crippen molar-refractivity contribution >= 4 is 16.6 Å². The molecule has 3 atom stereocenters. The van der Waals surface area contributed by atoms with E-state index >= 15 is 0 Å². The molecule has 0 amide bonds. The molecule has 6 heteroatoms. The lowest BCUT2D eigenvalue weighted by Crippen LogP contribution is -2.46. The quantitative estimate of drug-likeness (QED) is 0.698. The molecule has 24 heavy (non-hydrogen) atoms. The predicted octanol–water partition coefficient (Wildman–Crippen LogP) is 4.41. The highest BCUT2D eigenvalue weighted by Crippen LogP contribution is 2.39. The van der Waals surface area contributed by atoms with Crippen molar-refractivity contribution in [2.24, 2.45) is 5.92 Å². The molecule has 1 saturated heterocycles. The van der Waals surface area contributed by atoms with Gasteiger partial charge < -0.3 is 18.7 Å². The summed E-state index contributed by atoms with van der Waals surface area (Å²) in [4.78, 5) is 0. The predicted molar refractivity (Wildman–Crippen MR) is 106 cm³/mol. The second kappa shape index (κ2) is 7.49. The second-order valence-electron chi connectivity index (χ2n) is 10.2. The number of aliphatic hydroxyl groups is 1. The van der Waals surface area contributed by atoms with Crippen LogP contribution in [0.15, 0.2) is 0 Å². The largest absolute Gasteiger partial charge is 0.416 e. The third kappa shape index (κ3) is 5.38. The van der Waals surface area contributed by atoms with Crippen molar-refractivity contribution in [3.05, 3.63) is 0 Å². The van der Waals surface area contributed by atoms with Crippen LogP contribution in [0.25, 0.3) is 0 Å². The Labute approximate surface area is 151 Å². The van der Waals surface area contributed by atoms with Gasteiger partial charge in [0.15, 0.2) is 16.6 Å². The molecule has 1 N–H and O–H groups in total. The van der Waals surface area contributed by atoms with Crippen molar-refractivity contribution in [1.82, 2.24) is 0 Å². The van der Waals surface area contributed by atoms with Crippen molar-refractivity contribution in [3.8, 4) is 0 Å². The standard InChI is InChI=1S/C18H40O4Si2/c1-17(2,3)23(7,8)21-11-14-15(19)12-20-16(14)13-22-24(9,10)18(4,5)6/h14-16,19H,11-13H2,1-10H3/t14-,15-,16+/m1/s1. The van der Waals surface area contributed by atoms with Crippen molar-refractivity contribution < 1.29 is 18.7 Å². The van der Waals surface area contributed by atoms with Crippen molar-refractivity contribution in [1.29, 1.82) is 0 Å². The maximum Gasteiger partial charge on any atom is 0.192 e. The Morgan fingerprint density at radius 3 is 1.71 bits per heavy atom. The third-order valence-electron chi connectivity index (χ3n) is 6.31. The Hall–Kier alpha value is 0.274. The summed E-state index contributed by atoms with van der Waals surface area (Å²) in [5.74, 6) is 0.00360. The molecular formula is C18H40O4Si2. The van der Waals surface area contributed by atoms with Crippen LogP contribution in [0.1, 0.15) is 41.5 Å². The summed E-state index contributed by atoms with van der Waals surface area (Å²) >= 11 is 0. The first-order valence-electron chi connectivity index (χ1n) is 9.16. The van der Waals surface area contributed by atoms with E-state index in [1.165, 1.54) is 0 Å². The van der Waals surface area contributed by atoms with Crippen LogP contribution in [0.5, 0.6) is 0 Å². The molecule has 0 saturated carbocycles. The molecule has 1 aliphatic rings. The van der Waals surface area contributed by atoms with Crippen molar-refractivity contribution in [2.45, 2.75) is 90.0 Å². The van der Waals surface area contributed by atoms with Gasteiger partial charge in [0.1, 0.15) is 0 Å². The fraction of sp³-hybridized carbons (Fsp3) is 1.00. The number of hydrogen-bond donors (Lipinski definition) is 1. The molecule has 144 valence electrons. The molecule has 0 radical (unpaired) electrons. The van der Waals surface area contributed by atoms with Gasteiger partial charge in [-0.05, 0) is 36.3 Å². The molecule has 0 aromatic rings. The first-order chi connectivity index (χ1) is 10.6. The summed E-state index contributed by atoms with van der Waals surface area (Å²) in [6.07, 6.45) is -0.526. The van der Waals surface area contributed by atoms with E-state index in [0.717, 1.165) is 0 Å². The van der Waals surface area contributed by atoms with Crippen LogP contribution in [0, 0.1) is 5.92 Å². The lowest BCUT2D eigenvalue weighted by Gasteiger charge is -2.39. The van der Waals surface area contributed by atoms with Gasteiger partial charge in [-0.2, -0.15) is 0 Å². The van der Waals surface area contributed by atoms with Gasteiger partial charge in [0.05, 0.1) is 25.4 Å². The average Bonchev–Trinajstić information content (AvgIpc) is 2.72. The molecule has 0 aromatic heterocycles. The Bertz CT molecular complexity index is 410. The van der Waals surface area contributed by atoms with Gasteiger partial charge in [-0.3, -0.25) is 0 Å². The van der Waals surface area contributed by atoms with Crippen LogP contribution < -0.4 is 0 Å². The van der Waals surface area contributed by atoms with Gasteiger partial charge in [0, 0.05) is 12.5 Å². The molecule has 0 aliphatic carbocycles. The van der Waals surface area contributed by atoms with Crippen LogP contribution in [-0.2, 0) is 13.6 Å². The topological polar surface area (TPSA) is 47.9 Å². The minimum atomic E-state index is -1.82. The maximum absolute atomic E-state index is 10.3. The zero-order valence-electron chi connectivity index (χ0n) is 17.5. The maximum atomic E-state index is 10.3. The second-order valence-corrected chi connectivity index (χ2v) is 19.9. The molecule has 0 aromatic carbocycles. The van der Waals surface area contributed by atoms with Gasteiger partial charge in [0.25, 0.3) is 0 Å². The van der Waals surface area contributed by atoms with Crippen LogP contribution >= 0.6 is 0 Å². The highest BCUT2D eigenvalue weighted by molar-refractivity contribution is 6.74. The Morgan fingerprint density at radius 2 is 1.29 bits per heavy atom. The molecule has 4 nitrogen and oxygen atoms in total. The van der Waals surface area contributed by atoms with E-state index in [1.54, 1.807) is 0 Å². The summed E-state index contributed by atoms with van der Waals surface area (Å²) in [5.41, 5.74) is 0. The van der Waals surface area contributed by atoms with Crippen molar-refractivity contribution in [3.63, 3.8) is 0 Å².